The van der Waals surface area contributed by atoms with Crippen molar-refractivity contribution in [3.63, 3.8) is 0 Å². The highest BCUT2D eigenvalue weighted by Gasteiger charge is 2.53. The maximum atomic E-state index is 14.6. The molecule has 0 bridgehead atoms. The standard InChI is InChI=1S/C30H34FN7O5S2/c1-19-14-32-28(44-19)27(39)30-12-20-15-34-37(23-9-6-22(31)7-10-23)26(20)11-21(30)5-8-24(13-30)38(25(16-42-3)17-43-4)45(40,41)29-33-18-36(2)35-29/h6-7,9-11,14-15,18,24-25H,5,8,12-13,16-17H2,1-4H3/t24-,30-/m0/s1. The normalized spacial score (nSPS) is 19.9. The number of hydrogen-bond acceptors (Lipinski definition) is 10. The molecule has 3 heterocycles. The summed E-state index contributed by atoms with van der Waals surface area (Å²) in [6, 6.07) is 4.77. The second-order valence-corrected chi connectivity index (χ2v) is 14.4. The Morgan fingerprint density at radius 3 is 2.53 bits per heavy atom. The summed E-state index contributed by atoms with van der Waals surface area (Å²) in [6.07, 6.45) is 8.12. The number of Topliss-reactive ketones (excluding diaryl/α,β-unsaturated/α-hetero) is 1. The predicted octanol–water partition coefficient (Wildman–Crippen LogP) is 3.62. The lowest BCUT2D eigenvalue weighted by atomic mass is 9.61. The molecule has 2 atom stereocenters. The Morgan fingerprint density at radius 2 is 1.91 bits per heavy atom. The van der Waals surface area contributed by atoms with Gasteiger partial charge in [-0.3, -0.25) is 9.48 Å². The van der Waals surface area contributed by atoms with Gasteiger partial charge in [-0.1, -0.05) is 5.57 Å². The number of carbonyl (C=O) groups is 1. The molecule has 15 heteroatoms. The molecule has 0 aliphatic heterocycles. The summed E-state index contributed by atoms with van der Waals surface area (Å²) in [6.45, 7) is 2.03. The lowest BCUT2D eigenvalue weighted by Gasteiger charge is -2.47. The molecule has 6 rings (SSSR count). The summed E-state index contributed by atoms with van der Waals surface area (Å²) >= 11 is 1.32. The number of aryl methyl sites for hydroxylation is 2. The molecule has 0 unspecified atom stereocenters. The van der Waals surface area contributed by atoms with Gasteiger partial charge in [0.05, 0.1) is 42.2 Å². The van der Waals surface area contributed by atoms with E-state index < -0.39 is 27.5 Å². The third kappa shape index (κ3) is 5.67. The monoisotopic (exact) mass is 655 g/mol. The van der Waals surface area contributed by atoms with Crippen LogP contribution >= 0.6 is 11.3 Å². The third-order valence-electron chi connectivity index (χ3n) is 8.48. The number of thiazole rings is 1. The number of methoxy groups -OCH3 is 2. The maximum absolute atomic E-state index is 14.6. The van der Waals surface area contributed by atoms with Crippen LogP contribution in [-0.4, -0.2) is 87.6 Å². The molecule has 1 saturated carbocycles. The van der Waals surface area contributed by atoms with E-state index in [1.807, 2.05) is 13.0 Å². The minimum absolute atomic E-state index is 0.0698. The Bertz CT molecular complexity index is 1840. The van der Waals surface area contributed by atoms with E-state index in [1.165, 1.54) is 53.0 Å². The molecule has 0 saturated heterocycles. The Kier molecular flexibility index (Phi) is 8.56. The van der Waals surface area contributed by atoms with Crippen LogP contribution in [0.25, 0.3) is 11.8 Å². The van der Waals surface area contributed by atoms with Gasteiger partial charge in [0.25, 0.3) is 15.2 Å². The van der Waals surface area contributed by atoms with Gasteiger partial charge < -0.3 is 9.47 Å². The topological polar surface area (TPSA) is 134 Å². The minimum Gasteiger partial charge on any atom is -0.383 e. The van der Waals surface area contributed by atoms with E-state index in [0.717, 1.165) is 21.7 Å². The van der Waals surface area contributed by atoms with Crippen molar-refractivity contribution in [1.29, 1.82) is 0 Å². The molecule has 0 radical (unpaired) electrons. The van der Waals surface area contributed by atoms with Gasteiger partial charge in [0.15, 0.2) is 5.01 Å². The molecule has 2 aliphatic rings. The van der Waals surface area contributed by atoms with E-state index in [-0.39, 0.29) is 36.4 Å². The smallest absolute Gasteiger partial charge is 0.282 e. The van der Waals surface area contributed by atoms with Gasteiger partial charge in [0.2, 0.25) is 5.78 Å². The van der Waals surface area contributed by atoms with E-state index in [4.69, 9.17) is 9.47 Å². The third-order valence-corrected chi connectivity index (χ3v) is 11.2. The van der Waals surface area contributed by atoms with Crippen LogP contribution in [0, 0.1) is 18.2 Å². The predicted molar refractivity (Wildman–Crippen MR) is 164 cm³/mol. The Balaban J connectivity index is 1.46. The molecule has 1 aromatic carbocycles. The van der Waals surface area contributed by atoms with Gasteiger partial charge in [-0.2, -0.15) is 9.40 Å². The van der Waals surface area contributed by atoms with Gasteiger partial charge in [-0.25, -0.2) is 27.5 Å². The van der Waals surface area contributed by atoms with Crippen LogP contribution in [0.5, 0.6) is 0 Å². The fourth-order valence-electron chi connectivity index (χ4n) is 6.56. The van der Waals surface area contributed by atoms with Crippen LogP contribution in [0.1, 0.15) is 45.2 Å². The number of rotatable bonds is 11. The molecular weight excluding hydrogens is 622 g/mol. The lowest BCUT2D eigenvalue weighted by molar-refractivity contribution is 0.0386. The van der Waals surface area contributed by atoms with E-state index in [2.05, 4.69) is 20.2 Å². The SMILES string of the molecule is COCC(COC)N([C@H]1CCC2=Cc3c(cnn3-c3ccc(F)cc3)C[C@]2(C(=O)c2ncc(C)s2)C1)S(=O)(=O)c1ncn(C)n1. The number of allylic oxidation sites excluding steroid dienone is 1. The quantitative estimate of drug-likeness (QED) is 0.222. The van der Waals surface area contributed by atoms with Gasteiger partial charge in [0, 0.05) is 38.4 Å². The number of nitrogens with zero attached hydrogens (tertiary/aromatic N) is 7. The molecule has 2 aliphatic carbocycles. The molecular formula is C30H34FN7O5S2. The number of ketones is 1. The summed E-state index contributed by atoms with van der Waals surface area (Å²) in [5, 5.41) is 8.77. The summed E-state index contributed by atoms with van der Waals surface area (Å²) in [5.41, 5.74) is 2.15. The number of ether oxygens (including phenoxy) is 2. The van der Waals surface area contributed by atoms with E-state index in [0.29, 0.717) is 30.0 Å². The number of carbonyl (C=O) groups excluding carboxylic acids is 1. The molecule has 0 N–H and O–H groups in total. The van der Waals surface area contributed by atoms with Crippen molar-refractivity contribution in [1.82, 2.24) is 33.8 Å². The zero-order chi connectivity index (χ0) is 31.9. The van der Waals surface area contributed by atoms with Crippen molar-refractivity contribution < 1.29 is 27.1 Å². The number of halogens is 1. The minimum atomic E-state index is -4.23. The first-order chi connectivity index (χ1) is 21.6. The van der Waals surface area contributed by atoms with Crippen molar-refractivity contribution in [3.05, 3.63) is 75.5 Å². The lowest BCUT2D eigenvalue weighted by Crippen LogP contribution is -2.56. The first kappa shape index (κ1) is 31.4. The van der Waals surface area contributed by atoms with Crippen LogP contribution in [0.15, 0.2) is 53.7 Å². The van der Waals surface area contributed by atoms with Crippen molar-refractivity contribution in [2.24, 2.45) is 12.5 Å². The fourth-order valence-corrected chi connectivity index (χ4v) is 9.05. The fraction of sp³-hybridized carbons (Fsp3) is 0.433. The van der Waals surface area contributed by atoms with Crippen molar-refractivity contribution in [2.75, 3.05) is 27.4 Å². The molecule has 45 heavy (non-hydrogen) atoms. The van der Waals surface area contributed by atoms with Gasteiger partial charge >= 0.3 is 0 Å². The largest absolute Gasteiger partial charge is 0.383 e. The molecule has 1 fully saturated rings. The second kappa shape index (κ2) is 12.3. The average molecular weight is 656 g/mol. The van der Waals surface area contributed by atoms with Gasteiger partial charge in [-0.05, 0) is 68.5 Å². The maximum Gasteiger partial charge on any atom is 0.282 e. The molecule has 12 nitrogen and oxygen atoms in total. The molecule has 0 amide bonds. The Morgan fingerprint density at radius 1 is 1.18 bits per heavy atom. The van der Waals surface area contributed by atoms with Crippen molar-refractivity contribution in [3.8, 4) is 5.69 Å². The number of fused-ring (bicyclic) bond motifs is 2. The summed E-state index contributed by atoms with van der Waals surface area (Å²) in [7, 11) is 0.382. The summed E-state index contributed by atoms with van der Waals surface area (Å²) in [4.78, 5) is 24.0. The highest BCUT2D eigenvalue weighted by Crippen LogP contribution is 2.52. The Labute approximate surface area is 264 Å². The van der Waals surface area contributed by atoms with Gasteiger partial charge in [0.1, 0.15) is 12.1 Å². The van der Waals surface area contributed by atoms with E-state index in [1.54, 1.807) is 36.3 Å². The first-order valence-electron chi connectivity index (χ1n) is 14.5. The second-order valence-electron chi connectivity index (χ2n) is 11.5. The van der Waals surface area contributed by atoms with Crippen LogP contribution in [-0.2, 0) is 33.0 Å². The number of sulfonamides is 1. The number of hydrogen-bond donors (Lipinski definition) is 0. The van der Waals surface area contributed by atoms with Crippen LogP contribution in [0.2, 0.25) is 0 Å². The first-order valence-corrected chi connectivity index (χ1v) is 16.7. The summed E-state index contributed by atoms with van der Waals surface area (Å²) in [5.74, 6) is -0.500. The highest BCUT2D eigenvalue weighted by molar-refractivity contribution is 7.89. The van der Waals surface area contributed by atoms with Crippen LogP contribution < -0.4 is 0 Å². The van der Waals surface area contributed by atoms with E-state index >= 15 is 0 Å². The van der Waals surface area contributed by atoms with E-state index in [9.17, 15) is 17.6 Å². The molecule has 4 aromatic rings. The molecule has 238 valence electrons. The molecule has 3 aromatic heterocycles. The zero-order valence-electron chi connectivity index (χ0n) is 25.4. The number of aromatic nitrogens is 6. The molecule has 0 spiro atoms. The van der Waals surface area contributed by atoms with Gasteiger partial charge in [-0.15, -0.1) is 16.4 Å². The average Bonchev–Trinajstić information content (AvgIpc) is 3.76. The number of benzene rings is 1. The van der Waals surface area contributed by atoms with Crippen molar-refractivity contribution in [2.45, 2.75) is 49.8 Å². The highest BCUT2D eigenvalue weighted by atomic mass is 32.2. The van der Waals surface area contributed by atoms with Crippen molar-refractivity contribution >= 4 is 33.2 Å². The Hall–Kier alpha value is -3.63. The summed E-state index contributed by atoms with van der Waals surface area (Å²) < 4.78 is 57.6. The van der Waals surface area contributed by atoms with Crippen LogP contribution in [0.3, 0.4) is 0 Å². The van der Waals surface area contributed by atoms with Crippen LogP contribution in [0.4, 0.5) is 4.39 Å². The zero-order valence-corrected chi connectivity index (χ0v) is 27.0.